The molecular weight excluding hydrogens is 384 g/mol. The standard InChI is InChI=1S/C19H22N2O4S2/c1-24-15-5-2-4-14(12-15)13-16-18(23)21(19(26)27-16)7-3-6-17(22)20-8-10-25-11-9-20/h2,4-5,12-13H,3,6-11H2,1H3. The van der Waals surface area contributed by atoms with E-state index in [1.165, 1.54) is 11.8 Å². The fourth-order valence-electron chi connectivity index (χ4n) is 2.93. The molecule has 0 N–H and O–H groups in total. The highest BCUT2D eigenvalue weighted by atomic mass is 32.2. The van der Waals surface area contributed by atoms with Crippen LogP contribution in [0, 0.1) is 0 Å². The third-order valence-electron chi connectivity index (χ3n) is 4.40. The van der Waals surface area contributed by atoms with Crippen molar-refractivity contribution in [3.63, 3.8) is 0 Å². The van der Waals surface area contributed by atoms with E-state index in [9.17, 15) is 9.59 Å². The van der Waals surface area contributed by atoms with Crippen molar-refractivity contribution in [1.29, 1.82) is 0 Å². The molecule has 2 aliphatic heterocycles. The van der Waals surface area contributed by atoms with Crippen LogP contribution in [-0.2, 0) is 14.3 Å². The Balaban J connectivity index is 1.55. The van der Waals surface area contributed by atoms with Gasteiger partial charge in [0.1, 0.15) is 10.1 Å². The van der Waals surface area contributed by atoms with Crippen LogP contribution in [0.5, 0.6) is 5.75 Å². The van der Waals surface area contributed by atoms with Gasteiger partial charge in [0.2, 0.25) is 5.91 Å². The lowest BCUT2D eigenvalue weighted by atomic mass is 10.2. The quantitative estimate of drug-likeness (QED) is 0.535. The molecule has 144 valence electrons. The summed E-state index contributed by atoms with van der Waals surface area (Å²) in [5, 5.41) is 0. The molecule has 2 heterocycles. The Morgan fingerprint density at radius 1 is 1.37 bits per heavy atom. The molecule has 0 saturated carbocycles. The smallest absolute Gasteiger partial charge is 0.266 e. The van der Waals surface area contributed by atoms with Gasteiger partial charge < -0.3 is 14.4 Å². The zero-order valence-corrected chi connectivity index (χ0v) is 16.8. The SMILES string of the molecule is COc1cccc(C=C2SC(=S)N(CCCC(=O)N3CCOCC3)C2=O)c1. The van der Waals surface area contributed by atoms with Crippen LogP contribution < -0.4 is 4.74 Å². The van der Waals surface area contributed by atoms with Gasteiger partial charge in [-0.3, -0.25) is 14.5 Å². The Kier molecular flexibility index (Phi) is 6.87. The van der Waals surface area contributed by atoms with Crippen LogP contribution in [0.2, 0.25) is 0 Å². The van der Waals surface area contributed by atoms with Gasteiger partial charge in [0, 0.05) is 26.1 Å². The molecule has 27 heavy (non-hydrogen) atoms. The number of benzene rings is 1. The van der Waals surface area contributed by atoms with E-state index in [0.717, 1.165) is 11.3 Å². The Labute approximate surface area is 168 Å². The van der Waals surface area contributed by atoms with Gasteiger partial charge in [-0.25, -0.2) is 0 Å². The third-order valence-corrected chi connectivity index (χ3v) is 5.78. The van der Waals surface area contributed by atoms with Crippen molar-refractivity contribution in [2.24, 2.45) is 0 Å². The second kappa shape index (κ2) is 9.34. The molecule has 0 aromatic heterocycles. The van der Waals surface area contributed by atoms with E-state index in [2.05, 4.69) is 0 Å². The fraction of sp³-hybridized carbons (Fsp3) is 0.421. The lowest BCUT2D eigenvalue weighted by Crippen LogP contribution is -2.41. The molecule has 0 bridgehead atoms. The summed E-state index contributed by atoms with van der Waals surface area (Å²) >= 11 is 6.65. The molecule has 6 nitrogen and oxygen atoms in total. The number of hydrogen-bond acceptors (Lipinski definition) is 6. The van der Waals surface area contributed by atoms with Crippen molar-refractivity contribution < 1.29 is 19.1 Å². The highest BCUT2D eigenvalue weighted by Gasteiger charge is 2.31. The van der Waals surface area contributed by atoms with E-state index < -0.39 is 0 Å². The van der Waals surface area contributed by atoms with Crippen molar-refractivity contribution in [2.75, 3.05) is 40.0 Å². The number of amides is 2. The number of rotatable bonds is 6. The van der Waals surface area contributed by atoms with Gasteiger partial charge in [-0.15, -0.1) is 0 Å². The van der Waals surface area contributed by atoms with Crippen LogP contribution in [0.15, 0.2) is 29.2 Å². The Morgan fingerprint density at radius 3 is 2.89 bits per heavy atom. The largest absolute Gasteiger partial charge is 0.497 e. The topological polar surface area (TPSA) is 59.1 Å². The zero-order chi connectivity index (χ0) is 19.2. The number of nitrogens with zero attached hydrogens (tertiary/aromatic N) is 2. The Hall–Kier alpha value is -1.90. The second-order valence-corrected chi connectivity index (χ2v) is 7.88. The maximum atomic E-state index is 12.7. The van der Waals surface area contributed by atoms with Crippen molar-refractivity contribution in [3.8, 4) is 5.75 Å². The van der Waals surface area contributed by atoms with Crippen LogP contribution in [0.25, 0.3) is 6.08 Å². The van der Waals surface area contributed by atoms with E-state index >= 15 is 0 Å². The van der Waals surface area contributed by atoms with Gasteiger partial charge in [0.25, 0.3) is 5.91 Å². The summed E-state index contributed by atoms with van der Waals surface area (Å²) in [7, 11) is 1.61. The third kappa shape index (κ3) is 5.09. The minimum atomic E-state index is -0.105. The number of carbonyl (C=O) groups excluding carboxylic acids is 2. The number of hydrogen-bond donors (Lipinski definition) is 0. The molecule has 1 aromatic rings. The predicted octanol–water partition coefficient (Wildman–Crippen LogP) is 2.54. The van der Waals surface area contributed by atoms with Gasteiger partial charge in [-0.05, 0) is 30.2 Å². The van der Waals surface area contributed by atoms with E-state index in [-0.39, 0.29) is 11.8 Å². The number of thioether (sulfide) groups is 1. The van der Waals surface area contributed by atoms with Crippen molar-refractivity contribution in [1.82, 2.24) is 9.80 Å². The molecule has 1 aromatic carbocycles. The minimum absolute atomic E-state index is 0.105. The van der Waals surface area contributed by atoms with Gasteiger partial charge >= 0.3 is 0 Å². The lowest BCUT2D eigenvalue weighted by Gasteiger charge is -2.27. The molecule has 2 saturated heterocycles. The van der Waals surface area contributed by atoms with Gasteiger partial charge in [0.05, 0.1) is 25.2 Å². The summed E-state index contributed by atoms with van der Waals surface area (Å²) in [4.78, 5) is 28.9. The van der Waals surface area contributed by atoms with E-state index in [1.807, 2.05) is 35.2 Å². The number of thiocarbonyl (C=S) groups is 1. The number of ether oxygens (including phenoxy) is 2. The highest BCUT2D eigenvalue weighted by molar-refractivity contribution is 8.26. The number of morpholine rings is 1. The van der Waals surface area contributed by atoms with E-state index in [4.69, 9.17) is 21.7 Å². The monoisotopic (exact) mass is 406 g/mol. The molecule has 0 spiro atoms. The van der Waals surface area contributed by atoms with Crippen LogP contribution in [-0.4, -0.2) is 65.9 Å². The molecule has 2 aliphatic rings. The van der Waals surface area contributed by atoms with Crippen molar-refractivity contribution in [2.45, 2.75) is 12.8 Å². The summed E-state index contributed by atoms with van der Waals surface area (Å²) in [6, 6.07) is 7.51. The van der Waals surface area contributed by atoms with Gasteiger partial charge in [0.15, 0.2) is 0 Å². The molecule has 0 radical (unpaired) electrons. The second-order valence-electron chi connectivity index (χ2n) is 6.21. The van der Waals surface area contributed by atoms with Crippen LogP contribution in [0.4, 0.5) is 0 Å². The van der Waals surface area contributed by atoms with Crippen LogP contribution in [0.1, 0.15) is 18.4 Å². The Bertz CT molecular complexity index is 760. The zero-order valence-electron chi connectivity index (χ0n) is 15.2. The first-order chi connectivity index (χ1) is 13.1. The maximum Gasteiger partial charge on any atom is 0.266 e. The minimum Gasteiger partial charge on any atom is -0.497 e. The van der Waals surface area contributed by atoms with E-state index in [0.29, 0.717) is 54.9 Å². The molecule has 0 aliphatic carbocycles. The molecule has 8 heteroatoms. The average molecular weight is 407 g/mol. The van der Waals surface area contributed by atoms with Crippen LogP contribution in [0.3, 0.4) is 0 Å². The summed E-state index contributed by atoms with van der Waals surface area (Å²) in [6.07, 6.45) is 2.82. The van der Waals surface area contributed by atoms with Crippen molar-refractivity contribution in [3.05, 3.63) is 34.7 Å². The first kappa shape index (κ1) is 19.9. The normalized spacial score (nSPS) is 19.1. The highest BCUT2D eigenvalue weighted by Crippen LogP contribution is 2.33. The Morgan fingerprint density at radius 2 is 2.15 bits per heavy atom. The number of methoxy groups -OCH3 is 1. The van der Waals surface area contributed by atoms with E-state index in [1.54, 1.807) is 12.0 Å². The average Bonchev–Trinajstić information content (AvgIpc) is 2.96. The summed E-state index contributed by atoms with van der Waals surface area (Å²) < 4.78 is 11.0. The number of carbonyl (C=O) groups is 2. The molecule has 0 atom stereocenters. The summed E-state index contributed by atoms with van der Waals surface area (Å²) in [5.41, 5.74) is 0.886. The summed E-state index contributed by atoms with van der Waals surface area (Å²) in [5.74, 6) is 0.739. The first-order valence-corrected chi connectivity index (χ1v) is 10.1. The first-order valence-electron chi connectivity index (χ1n) is 8.83. The van der Waals surface area contributed by atoms with Crippen LogP contribution >= 0.6 is 24.0 Å². The molecule has 0 unspecified atom stereocenters. The van der Waals surface area contributed by atoms with Crippen molar-refractivity contribution >= 4 is 46.2 Å². The molecule has 3 rings (SSSR count). The predicted molar refractivity (Wildman–Crippen MR) is 110 cm³/mol. The molecule has 2 amide bonds. The maximum absolute atomic E-state index is 12.7. The molecular formula is C19H22N2O4S2. The van der Waals surface area contributed by atoms with Gasteiger partial charge in [-0.1, -0.05) is 36.1 Å². The van der Waals surface area contributed by atoms with Gasteiger partial charge in [-0.2, -0.15) is 0 Å². The summed E-state index contributed by atoms with van der Waals surface area (Å²) in [6.45, 7) is 2.92. The fourth-order valence-corrected chi connectivity index (χ4v) is 4.24. The molecule has 2 fully saturated rings. The lowest BCUT2D eigenvalue weighted by molar-refractivity contribution is -0.135.